The fraction of sp³-hybridized carbons (Fsp3) is 0.818. The lowest BCUT2D eigenvalue weighted by Crippen LogP contribution is -2.47. The average molecular weight is 182 g/mol. The molecule has 0 amide bonds. The summed E-state index contributed by atoms with van der Waals surface area (Å²) in [5.41, 5.74) is 0. The first-order valence-corrected chi connectivity index (χ1v) is 5.28. The minimum absolute atomic E-state index is 0.722. The minimum atomic E-state index is 0.722. The maximum absolute atomic E-state index is 3.76. The van der Waals surface area contributed by atoms with E-state index >= 15 is 0 Å². The van der Waals surface area contributed by atoms with Crippen LogP contribution >= 0.6 is 0 Å². The summed E-state index contributed by atoms with van der Waals surface area (Å²) in [6, 6.07) is 0.722. The Kier molecular flexibility index (Phi) is 4.46. The lowest BCUT2D eigenvalue weighted by Gasteiger charge is -2.36. The molecular weight excluding hydrogens is 160 g/mol. The molecule has 0 spiro atoms. The Morgan fingerprint density at radius 1 is 1.62 bits per heavy atom. The molecule has 0 aromatic heterocycles. The predicted molar refractivity (Wildman–Crippen MR) is 57.9 cm³/mol. The Morgan fingerprint density at radius 2 is 2.38 bits per heavy atom. The Bertz CT molecular complexity index is 156. The molecule has 1 saturated heterocycles. The number of hydrogen-bond acceptors (Lipinski definition) is 2. The highest BCUT2D eigenvalue weighted by Gasteiger charge is 2.23. The van der Waals surface area contributed by atoms with Crippen molar-refractivity contribution < 1.29 is 0 Å². The van der Waals surface area contributed by atoms with Gasteiger partial charge in [-0.25, -0.2) is 0 Å². The normalized spacial score (nSPS) is 30.3. The minimum Gasteiger partial charge on any atom is -0.317 e. The van der Waals surface area contributed by atoms with Gasteiger partial charge in [0.15, 0.2) is 0 Å². The van der Waals surface area contributed by atoms with Gasteiger partial charge in [-0.05, 0) is 32.4 Å². The number of piperidine rings is 1. The van der Waals surface area contributed by atoms with Crippen molar-refractivity contribution in [1.29, 1.82) is 0 Å². The van der Waals surface area contributed by atoms with E-state index < -0.39 is 0 Å². The summed E-state index contributed by atoms with van der Waals surface area (Å²) in [7, 11) is 2.07. The van der Waals surface area contributed by atoms with Crippen LogP contribution in [0.4, 0.5) is 0 Å². The Labute approximate surface area is 82.0 Å². The maximum atomic E-state index is 3.76. The van der Waals surface area contributed by atoms with Crippen molar-refractivity contribution in [3.05, 3.63) is 12.7 Å². The van der Waals surface area contributed by atoms with Crippen molar-refractivity contribution in [2.75, 3.05) is 26.7 Å². The number of nitrogens with one attached hydrogen (secondary N) is 1. The number of rotatable bonds is 4. The van der Waals surface area contributed by atoms with Gasteiger partial charge in [0.1, 0.15) is 0 Å². The molecule has 1 rings (SSSR count). The van der Waals surface area contributed by atoms with Crippen molar-refractivity contribution in [3.8, 4) is 0 Å². The first-order valence-electron chi connectivity index (χ1n) is 5.28. The van der Waals surface area contributed by atoms with Gasteiger partial charge >= 0.3 is 0 Å². The molecular formula is C11H22N2. The summed E-state index contributed by atoms with van der Waals surface area (Å²) in [5.74, 6) is 0.781. The van der Waals surface area contributed by atoms with Gasteiger partial charge in [-0.15, -0.1) is 6.58 Å². The second-order valence-electron chi connectivity index (χ2n) is 4.04. The van der Waals surface area contributed by atoms with E-state index in [-0.39, 0.29) is 0 Å². The molecule has 0 radical (unpaired) electrons. The molecule has 76 valence electrons. The van der Waals surface area contributed by atoms with E-state index in [1.165, 1.54) is 26.1 Å². The maximum Gasteiger partial charge on any atom is 0.0114 e. The van der Waals surface area contributed by atoms with Gasteiger partial charge in [0.2, 0.25) is 0 Å². The molecule has 0 aliphatic carbocycles. The summed E-state index contributed by atoms with van der Waals surface area (Å²) in [4.78, 5) is 2.54. The molecule has 1 aliphatic rings. The molecule has 2 unspecified atom stereocenters. The molecule has 1 aliphatic heterocycles. The third kappa shape index (κ3) is 3.12. The van der Waals surface area contributed by atoms with Crippen LogP contribution in [0.5, 0.6) is 0 Å². The van der Waals surface area contributed by atoms with E-state index in [2.05, 4.69) is 30.8 Å². The van der Waals surface area contributed by atoms with Crippen LogP contribution in [0.15, 0.2) is 12.7 Å². The molecule has 1 fully saturated rings. The lowest BCUT2D eigenvalue weighted by atomic mass is 9.94. The Morgan fingerprint density at radius 3 is 2.92 bits per heavy atom. The van der Waals surface area contributed by atoms with Gasteiger partial charge in [-0.3, -0.25) is 0 Å². The monoisotopic (exact) mass is 182 g/mol. The third-order valence-electron chi connectivity index (χ3n) is 3.01. The first kappa shape index (κ1) is 10.7. The van der Waals surface area contributed by atoms with Crippen LogP contribution < -0.4 is 5.32 Å². The lowest BCUT2D eigenvalue weighted by molar-refractivity contribution is 0.154. The number of hydrogen-bond donors (Lipinski definition) is 1. The van der Waals surface area contributed by atoms with Crippen LogP contribution in [-0.2, 0) is 0 Å². The molecule has 0 aromatic carbocycles. The van der Waals surface area contributed by atoms with Gasteiger partial charge in [-0.1, -0.05) is 13.0 Å². The summed E-state index contributed by atoms with van der Waals surface area (Å²) >= 11 is 0. The van der Waals surface area contributed by atoms with Crippen molar-refractivity contribution in [2.45, 2.75) is 25.8 Å². The fourth-order valence-electron chi connectivity index (χ4n) is 2.14. The third-order valence-corrected chi connectivity index (χ3v) is 3.01. The second kappa shape index (κ2) is 5.40. The van der Waals surface area contributed by atoms with Crippen LogP contribution in [0.25, 0.3) is 0 Å². The molecule has 0 aromatic rings. The van der Waals surface area contributed by atoms with Crippen LogP contribution in [-0.4, -0.2) is 37.6 Å². The van der Waals surface area contributed by atoms with Crippen LogP contribution in [0.3, 0.4) is 0 Å². The smallest absolute Gasteiger partial charge is 0.0114 e. The van der Waals surface area contributed by atoms with E-state index in [0.717, 1.165) is 18.4 Å². The summed E-state index contributed by atoms with van der Waals surface area (Å²) < 4.78 is 0. The molecule has 2 nitrogen and oxygen atoms in total. The van der Waals surface area contributed by atoms with Crippen molar-refractivity contribution in [2.24, 2.45) is 5.92 Å². The molecule has 1 heterocycles. The van der Waals surface area contributed by atoms with E-state index in [4.69, 9.17) is 0 Å². The van der Waals surface area contributed by atoms with Crippen LogP contribution in [0.1, 0.15) is 19.8 Å². The number of nitrogens with zero attached hydrogens (tertiary/aromatic N) is 1. The van der Waals surface area contributed by atoms with Gasteiger partial charge in [0.25, 0.3) is 0 Å². The molecule has 2 heteroatoms. The molecule has 0 saturated carbocycles. The van der Waals surface area contributed by atoms with Gasteiger partial charge < -0.3 is 10.2 Å². The van der Waals surface area contributed by atoms with Crippen LogP contribution in [0, 0.1) is 5.92 Å². The van der Waals surface area contributed by atoms with E-state index in [0.29, 0.717) is 0 Å². The SMILES string of the molecule is C=CCCN1CCC(NC)C(C)C1. The van der Waals surface area contributed by atoms with Crippen molar-refractivity contribution in [3.63, 3.8) is 0 Å². The fourth-order valence-corrected chi connectivity index (χ4v) is 2.14. The zero-order chi connectivity index (χ0) is 9.68. The van der Waals surface area contributed by atoms with Gasteiger partial charge in [-0.2, -0.15) is 0 Å². The number of likely N-dealkylation sites (tertiary alicyclic amines) is 1. The predicted octanol–water partition coefficient (Wildman–Crippen LogP) is 1.49. The largest absolute Gasteiger partial charge is 0.317 e. The highest BCUT2D eigenvalue weighted by molar-refractivity contribution is 4.82. The summed E-state index contributed by atoms with van der Waals surface area (Å²) in [5, 5.41) is 3.38. The van der Waals surface area contributed by atoms with Gasteiger partial charge in [0, 0.05) is 19.1 Å². The highest BCUT2D eigenvalue weighted by atomic mass is 15.1. The van der Waals surface area contributed by atoms with E-state index in [1.807, 2.05) is 6.08 Å². The van der Waals surface area contributed by atoms with Crippen LogP contribution in [0.2, 0.25) is 0 Å². The second-order valence-corrected chi connectivity index (χ2v) is 4.04. The van der Waals surface area contributed by atoms with E-state index in [9.17, 15) is 0 Å². The zero-order valence-corrected chi connectivity index (χ0v) is 8.92. The first-order chi connectivity index (χ1) is 6.27. The van der Waals surface area contributed by atoms with E-state index in [1.54, 1.807) is 0 Å². The highest BCUT2D eigenvalue weighted by Crippen LogP contribution is 2.16. The molecule has 13 heavy (non-hydrogen) atoms. The Hall–Kier alpha value is -0.340. The van der Waals surface area contributed by atoms with Gasteiger partial charge in [0.05, 0.1) is 0 Å². The Balaban J connectivity index is 2.28. The standard InChI is InChI=1S/C11H22N2/c1-4-5-7-13-8-6-11(12-3)10(2)9-13/h4,10-12H,1,5-9H2,2-3H3. The molecule has 2 atom stereocenters. The zero-order valence-electron chi connectivity index (χ0n) is 8.92. The quantitative estimate of drug-likeness (QED) is 0.663. The van der Waals surface area contributed by atoms with Crippen molar-refractivity contribution in [1.82, 2.24) is 10.2 Å². The van der Waals surface area contributed by atoms with Crippen molar-refractivity contribution >= 4 is 0 Å². The molecule has 1 N–H and O–H groups in total. The summed E-state index contributed by atoms with van der Waals surface area (Å²) in [6.45, 7) is 9.75. The molecule has 0 bridgehead atoms. The average Bonchev–Trinajstić information content (AvgIpc) is 2.15. The summed E-state index contributed by atoms with van der Waals surface area (Å²) in [6.07, 6.45) is 4.42. The topological polar surface area (TPSA) is 15.3 Å².